The van der Waals surface area contributed by atoms with E-state index in [0.29, 0.717) is 35.8 Å². The summed E-state index contributed by atoms with van der Waals surface area (Å²) in [6.07, 6.45) is 0. The van der Waals surface area contributed by atoms with Gasteiger partial charge in [-0.25, -0.2) is 4.68 Å². The summed E-state index contributed by atoms with van der Waals surface area (Å²) in [5, 5.41) is 15.8. The summed E-state index contributed by atoms with van der Waals surface area (Å²) in [7, 11) is 1.72. The Labute approximate surface area is 214 Å². The molecule has 2 aromatic heterocycles. The van der Waals surface area contributed by atoms with Crippen LogP contribution in [0.2, 0.25) is 5.02 Å². The van der Waals surface area contributed by atoms with Crippen molar-refractivity contribution in [2.75, 3.05) is 7.05 Å². The van der Waals surface area contributed by atoms with Crippen molar-refractivity contribution >= 4 is 41.5 Å². The van der Waals surface area contributed by atoms with Crippen LogP contribution in [0.4, 0.5) is 0 Å². The molecule has 2 aromatic carbocycles. The number of halogens is 2. The molecule has 10 heteroatoms. The second-order valence-electron chi connectivity index (χ2n) is 7.27. The SMILES string of the molecule is CN=C(NCc1nc(-c2cccc(Cl)c2)no1)NCc1ccccc1-n1nc(C)cc1C.I. The van der Waals surface area contributed by atoms with Gasteiger partial charge in [0.1, 0.15) is 0 Å². The molecule has 8 nitrogen and oxygen atoms in total. The van der Waals surface area contributed by atoms with E-state index in [2.05, 4.69) is 49.1 Å². The van der Waals surface area contributed by atoms with E-state index < -0.39 is 0 Å². The Hall–Kier alpha value is -2.92. The largest absolute Gasteiger partial charge is 0.352 e. The quantitative estimate of drug-likeness (QED) is 0.197. The third-order valence-corrected chi connectivity index (χ3v) is 5.09. The highest BCUT2D eigenvalue weighted by atomic mass is 127. The fraction of sp³-hybridized carbons (Fsp3) is 0.217. The van der Waals surface area contributed by atoms with E-state index in [-0.39, 0.29) is 24.0 Å². The maximum Gasteiger partial charge on any atom is 0.246 e. The molecule has 33 heavy (non-hydrogen) atoms. The number of aromatic nitrogens is 4. The van der Waals surface area contributed by atoms with Gasteiger partial charge in [0.2, 0.25) is 11.7 Å². The highest BCUT2D eigenvalue weighted by molar-refractivity contribution is 14.0. The molecule has 0 aliphatic heterocycles. The van der Waals surface area contributed by atoms with Gasteiger partial charge in [0.05, 0.1) is 17.9 Å². The van der Waals surface area contributed by atoms with Crippen LogP contribution in [0.3, 0.4) is 0 Å². The number of nitrogens with one attached hydrogen (secondary N) is 2. The molecule has 0 unspecified atom stereocenters. The first kappa shape index (κ1) is 24.7. The lowest BCUT2D eigenvalue weighted by molar-refractivity contribution is 0.375. The molecule has 0 aliphatic carbocycles. The van der Waals surface area contributed by atoms with Crippen LogP contribution in [0.5, 0.6) is 0 Å². The van der Waals surface area contributed by atoms with Crippen molar-refractivity contribution in [3.63, 3.8) is 0 Å². The first-order valence-electron chi connectivity index (χ1n) is 10.2. The lowest BCUT2D eigenvalue weighted by atomic mass is 10.1. The molecule has 0 atom stereocenters. The van der Waals surface area contributed by atoms with E-state index in [1.54, 1.807) is 19.2 Å². The van der Waals surface area contributed by atoms with E-state index in [4.69, 9.17) is 16.1 Å². The van der Waals surface area contributed by atoms with Gasteiger partial charge in [-0.1, -0.05) is 47.1 Å². The maximum absolute atomic E-state index is 6.04. The lowest BCUT2D eigenvalue weighted by Crippen LogP contribution is -2.36. The molecule has 0 fully saturated rings. The predicted octanol–water partition coefficient (Wildman–Crippen LogP) is 4.68. The fourth-order valence-electron chi connectivity index (χ4n) is 3.37. The predicted molar refractivity (Wildman–Crippen MR) is 140 cm³/mol. The molecule has 2 heterocycles. The molecule has 0 saturated carbocycles. The van der Waals surface area contributed by atoms with Crippen LogP contribution in [0.1, 0.15) is 22.8 Å². The van der Waals surface area contributed by atoms with E-state index in [1.165, 1.54) is 0 Å². The summed E-state index contributed by atoms with van der Waals surface area (Å²) in [4.78, 5) is 8.70. The molecule has 0 spiro atoms. The molecule has 0 amide bonds. The molecule has 4 rings (SSSR count). The van der Waals surface area contributed by atoms with Crippen LogP contribution < -0.4 is 10.6 Å². The second-order valence-corrected chi connectivity index (χ2v) is 7.71. The summed E-state index contributed by atoms with van der Waals surface area (Å²) in [6, 6.07) is 17.5. The van der Waals surface area contributed by atoms with Crippen molar-refractivity contribution < 1.29 is 4.52 Å². The van der Waals surface area contributed by atoms with Crippen molar-refractivity contribution in [3.8, 4) is 17.1 Å². The van der Waals surface area contributed by atoms with Gasteiger partial charge in [0.15, 0.2) is 5.96 Å². The molecular formula is C23H25ClIN7O. The van der Waals surface area contributed by atoms with Gasteiger partial charge in [-0.05, 0) is 43.7 Å². The number of hydrogen-bond acceptors (Lipinski definition) is 5. The number of nitrogens with zero attached hydrogens (tertiary/aromatic N) is 5. The first-order valence-corrected chi connectivity index (χ1v) is 10.6. The van der Waals surface area contributed by atoms with E-state index in [1.807, 2.05) is 42.8 Å². The Morgan fingerprint density at radius 1 is 1.06 bits per heavy atom. The Balaban J connectivity index is 0.00000306. The van der Waals surface area contributed by atoms with Crippen LogP contribution in [0.15, 0.2) is 64.1 Å². The Kier molecular flexibility index (Phi) is 8.45. The van der Waals surface area contributed by atoms with Crippen LogP contribution >= 0.6 is 35.6 Å². The van der Waals surface area contributed by atoms with Gasteiger partial charge >= 0.3 is 0 Å². The number of guanidine groups is 1. The molecule has 0 bridgehead atoms. The maximum atomic E-state index is 6.04. The minimum absolute atomic E-state index is 0. The number of para-hydroxylation sites is 1. The van der Waals surface area contributed by atoms with Crippen LogP contribution in [-0.2, 0) is 13.1 Å². The topological polar surface area (TPSA) is 93.2 Å². The van der Waals surface area contributed by atoms with Crippen LogP contribution in [0.25, 0.3) is 17.1 Å². The van der Waals surface area contributed by atoms with Gasteiger partial charge in [-0.3, -0.25) is 4.99 Å². The van der Waals surface area contributed by atoms with Gasteiger partial charge in [0.25, 0.3) is 0 Å². The van der Waals surface area contributed by atoms with Crippen molar-refractivity contribution in [3.05, 3.63) is 82.5 Å². The monoisotopic (exact) mass is 577 g/mol. The summed E-state index contributed by atoms with van der Waals surface area (Å²) in [6.45, 7) is 4.95. The average Bonchev–Trinajstić information content (AvgIpc) is 3.40. The van der Waals surface area contributed by atoms with E-state index in [9.17, 15) is 0 Å². The number of hydrogen-bond donors (Lipinski definition) is 2. The molecule has 0 saturated heterocycles. The van der Waals surface area contributed by atoms with Gasteiger partial charge in [-0.15, -0.1) is 24.0 Å². The smallest absolute Gasteiger partial charge is 0.246 e. The summed E-state index contributed by atoms with van der Waals surface area (Å²) in [5.41, 5.74) is 5.01. The first-order chi connectivity index (χ1) is 15.5. The van der Waals surface area contributed by atoms with Crippen molar-refractivity contribution in [2.24, 2.45) is 4.99 Å². The zero-order valence-electron chi connectivity index (χ0n) is 18.5. The van der Waals surface area contributed by atoms with E-state index >= 15 is 0 Å². The summed E-state index contributed by atoms with van der Waals surface area (Å²) >= 11 is 6.04. The Bertz CT molecular complexity index is 1250. The minimum atomic E-state index is 0. The zero-order chi connectivity index (χ0) is 22.5. The van der Waals surface area contributed by atoms with E-state index in [0.717, 1.165) is 28.2 Å². The summed E-state index contributed by atoms with van der Waals surface area (Å²) in [5.74, 6) is 1.56. The average molecular weight is 578 g/mol. The van der Waals surface area contributed by atoms with Crippen LogP contribution in [-0.4, -0.2) is 32.9 Å². The molecule has 172 valence electrons. The zero-order valence-corrected chi connectivity index (χ0v) is 21.6. The second kappa shape index (κ2) is 11.3. The number of benzene rings is 2. The number of aliphatic imine (C=N–C) groups is 1. The van der Waals surface area contributed by atoms with Crippen LogP contribution in [0, 0.1) is 13.8 Å². The fourth-order valence-corrected chi connectivity index (χ4v) is 3.56. The highest BCUT2D eigenvalue weighted by Gasteiger charge is 2.11. The van der Waals surface area contributed by atoms with Gasteiger partial charge < -0.3 is 15.2 Å². The minimum Gasteiger partial charge on any atom is -0.352 e. The lowest BCUT2D eigenvalue weighted by Gasteiger charge is -2.14. The van der Waals surface area contributed by atoms with Gasteiger partial charge in [0, 0.05) is 29.9 Å². The standard InChI is InChI=1S/C23H24ClN7O.HI/c1-15-11-16(2)31(29-15)20-10-5-4-7-18(20)13-26-23(25-3)27-14-21-28-22(30-32-21)17-8-6-9-19(24)12-17;/h4-12H,13-14H2,1-3H3,(H2,25,26,27);1H. The normalized spacial score (nSPS) is 11.2. The van der Waals surface area contributed by atoms with Gasteiger partial charge in [-0.2, -0.15) is 10.1 Å². The Morgan fingerprint density at radius 3 is 2.58 bits per heavy atom. The number of aryl methyl sites for hydroxylation is 2. The Morgan fingerprint density at radius 2 is 1.85 bits per heavy atom. The van der Waals surface area contributed by atoms with Crippen molar-refractivity contribution in [2.45, 2.75) is 26.9 Å². The number of rotatable bonds is 6. The molecule has 0 radical (unpaired) electrons. The van der Waals surface area contributed by atoms with Crippen molar-refractivity contribution in [1.82, 2.24) is 30.6 Å². The molecular weight excluding hydrogens is 553 g/mol. The highest BCUT2D eigenvalue weighted by Crippen LogP contribution is 2.20. The molecule has 0 aliphatic rings. The van der Waals surface area contributed by atoms with Crippen molar-refractivity contribution in [1.29, 1.82) is 0 Å². The molecule has 4 aromatic rings. The summed E-state index contributed by atoms with van der Waals surface area (Å²) < 4.78 is 7.30. The third-order valence-electron chi connectivity index (χ3n) is 4.86. The third kappa shape index (κ3) is 6.11. The molecule has 2 N–H and O–H groups in total.